The largest absolute Gasteiger partial charge is 0.265 e. The predicted molar refractivity (Wildman–Crippen MR) is 67.4 cm³/mol. The van der Waals surface area contributed by atoms with Crippen molar-refractivity contribution in [1.29, 1.82) is 0 Å². The Bertz CT molecular complexity index is 368. The fraction of sp³-hybridized carbons (Fsp3) is 0.267. The third-order valence-corrected chi connectivity index (χ3v) is 2.89. The van der Waals surface area contributed by atoms with Gasteiger partial charge in [-0.2, -0.15) is 0 Å². The van der Waals surface area contributed by atoms with Crippen molar-refractivity contribution in [3.63, 3.8) is 0 Å². The van der Waals surface area contributed by atoms with Crippen molar-refractivity contribution in [3.8, 4) is 0 Å². The van der Waals surface area contributed by atoms with Crippen LogP contribution in [0.4, 0.5) is 0 Å². The van der Waals surface area contributed by atoms with Crippen molar-refractivity contribution in [2.24, 2.45) is 0 Å². The van der Waals surface area contributed by atoms with E-state index in [-0.39, 0.29) is 0 Å². The number of hydrogen-bond donors (Lipinski definition) is 0. The van der Waals surface area contributed by atoms with Crippen LogP contribution in [0.1, 0.15) is 36.8 Å². The summed E-state index contributed by atoms with van der Waals surface area (Å²) >= 11 is 0. The lowest BCUT2D eigenvalue weighted by molar-refractivity contribution is 0.697. The molecule has 82 valence electrons. The summed E-state index contributed by atoms with van der Waals surface area (Å²) in [5.41, 5.74) is 2.76. The quantitative estimate of drug-likeness (QED) is 0.744. The number of rotatable bonds is 4. The molecule has 0 bridgehead atoms. The zero-order valence-electron chi connectivity index (χ0n) is 9.63. The zero-order valence-corrected chi connectivity index (χ0v) is 9.63. The second-order valence-electron chi connectivity index (χ2n) is 4.03. The molecule has 1 heteroatoms. The number of pyridine rings is 1. The SMILES string of the molecule is CCCC(c1ccccc1)c1ccncc1. The van der Waals surface area contributed by atoms with Crippen molar-refractivity contribution >= 4 is 0 Å². The number of nitrogens with zero attached hydrogens (tertiary/aromatic N) is 1. The van der Waals surface area contributed by atoms with Crippen molar-refractivity contribution in [2.45, 2.75) is 25.7 Å². The first kappa shape index (κ1) is 10.9. The Morgan fingerprint density at radius 3 is 2.19 bits per heavy atom. The minimum Gasteiger partial charge on any atom is -0.265 e. The first-order valence-corrected chi connectivity index (χ1v) is 5.86. The summed E-state index contributed by atoms with van der Waals surface area (Å²) in [5, 5.41) is 0. The summed E-state index contributed by atoms with van der Waals surface area (Å²) < 4.78 is 0. The average Bonchev–Trinajstić information content (AvgIpc) is 2.38. The molecule has 0 radical (unpaired) electrons. The van der Waals surface area contributed by atoms with Crippen LogP contribution in [-0.4, -0.2) is 4.98 Å². The highest BCUT2D eigenvalue weighted by Gasteiger charge is 2.11. The molecule has 0 N–H and O–H groups in total. The minimum atomic E-state index is 0.509. The van der Waals surface area contributed by atoms with Gasteiger partial charge in [0.15, 0.2) is 0 Å². The van der Waals surface area contributed by atoms with E-state index < -0.39 is 0 Å². The molecule has 0 spiro atoms. The Morgan fingerprint density at radius 2 is 1.56 bits per heavy atom. The molecule has 0 aliphatic carbocycles. The van der Waals surface area contributed by atoms with Crippen LogP contribution in [0.15, 0.2) is 54.9 Å². The van der Waals surface area contributed by atoms with Gasteiger partial charge in [0, 0.05) is 18.3 Å². The van der Waals surface area contributed by atoms with Crippen LogP contribution in [0.3, 0.4) is 0 Å². The molecule has 0 aliphatic rings. The summed E-state index contributed by atoms with van der Waals surface area (Å²) in [6, 6.07) is 14.9. The van der Waals surface area contributed by atoms with E-state index in [0.29, 0.717) is 5.92 Å². The first-order valence-electron chi connectivity index (χ1n) is 5.86. The highest BCUT2D eigenvalue weighted by atomic mass is 14.6. The molecule has 16 heavy (non-hydrogen) atoms. The van der Waals surface area contributed by atoms with Gasteiger partial charge in [-0.15, -0.1) is 0 Å². The van der Waals surface area contributed by atoms with Gasteiger partial charge in [0.05, 0.1) is 0 Å². The van der Waals surface area contributed by atoms with Gasteiger partial charge < -0.3 is 0 Å². The minimum absolute atomic E-state index is 0.509. The van der Waals surface area contributed by atoms with Crippen molar-refractivity contribution in [2.75, 3.05) is 0 Å². The van der Waals surface area contributed by atoms with Gasteiger partial charge >= 0.3 is 0 Å². The Kier molecular flexibility index (Phi) is 3.71. The highest BCUT2D eigenvalue weighted by molar-refractivity contribution is 5.30. The number of benzene rings is 1. The zero-order chi connectivity index (χ0) is 11.2. The molecule has 0 saturated carbocycles. The molecule has 1 aromatic heterocycles. The van der Waals surface area contributed by atoms with Gasteiger partial charge in [-0.3, -0.25) is 4.98 Å². The maximum Gasteiger partial charge on any atom is 0.0270 e. The Balaban J connectivity index is 2.31. The lowest BCUT2D eigenvalue weighted by Crippen LogP contribution is -2.00. The lowest BCUT2D eigenvalue weighted by Gasteiger charge is -2.16. The van der Waals surface area contributed by atoms with Gasteiger partial charge in [-0.1, -0.05) is 43.7 Å². The molecule has 1 heterocycles. The molecule has 1 nitrogen and oxygen atoms in total. The van der Waals surface area contributed by atoms with Crippen LogP contribution in [-0.2, 0) is 0 Å². The van der Waals surface area contributed by atoms with Crippen LogP contribution in [0, 0.1) is 0 Å². The summed E-state index contributed by atoms with van der Waals surface area (Å²) in [4.78, 5) is 4.08. The van der Waals surface area contributed by atoms with Gasteiger partial charge in [-0.05, 0) is 29.7 Å². The molecule has 1 atom stereocenters. The van der Waals surface area contributed by atoms with Crippen LogP contribution in [0.5, 0.6) is 0 Å². The molecule has 1 unspecified atom stereocenters. The maximum absolute atomic E-state index is 4.08. The van der Waals surface area contributed by atoms with Crippen molar-refractivity contribution in [3.05, 3.63) is 66.0 Å². The van der Waals surface area contributed by atoms with Crippen molar-refractivity contribution < 1.29 is 0 Å². The van der Waals surface area contributed by atoms with E-state index in [9.17, 15) is 0 Å². The molecule has 0 amide bonds. The van der Waals surface area contributed by atoms with Crippen LogP contribution in [0.25, 0.3) is 0 Å². The number of aromatic nitrogens is 1. The van der Waals surface area contributed by atoms with E-state index >= 15 is 0 Å². The van der Waals surface area contributed by atoms with Gasteiger partial charge in [0.25, 0.3) is 0 Å². The summed E-state index contributed by atoms with van der Waals surface area (Å²) in [6.07, 6.45) is 6.14. The van der Waals surface area contributed by atoms with Crippen molar-refractivity contribution in [1.82, 2.24) is 4.98 Å². The highest BCUT2D eigenvalue weighted by Crippen LogP contribution is 2.28. The third-order valence-electron chi connectivity index (χ3n) is 2.89. The topological polar surface area (TPSA) is 12.9 Å². The standard InChI is InChI=1S/C15H17N/c1-2-6-15(13-7-4-3-5-8-13)14-9-11-16-12-10-14/h3-5,7-12,15H,2,6H2,1H3. The second kappa shape index (κ2) is 5.45. The first-order chi connectivity index (χ1) is 7.92. The van der Waals surface area contributed by atoms with Gasteiger partial charge in [0.2, 0.25) is 0 Å². The molecular weight excluding hydrogens is 194 g/mol. The summed E-state index contributed by atoms with van der Waals surface area (Å²) in [6.45, 7) is 2.23. The molecule has 2 rings (SSSR count). The average molecular weight is 211 g/mol. The van der Waals surface area contributed by atoms with E-state index in [1.165, 1.54) is 24.0 Å². The third kappa shape index (κ3) is 2.48. The fourth-order valence-corrected chi connectivity index (χ4v) is 2.10. The van der Waals surface area contributed by atoms with E-state index in [1.807, 2.05) is 12.4 Å². The smallest absolute Gasteiger partial charge is 0.0270 e. The van der Waals surface area contributed by atoms with E-state index in [0.717, 1.165) is 0 Å². The number of hydrogen-bond acceptors (Lipinski definition) is 1. The maximum atomic E-state index is 4.08. The Morgan fingerprint density at radius 1 is 0.938 bits per heavy atom. The van der Waals surface area contributed by atoms with Crippen LogP contribution < -0.4 is 0 Å². The molecule has 0 fully saturated rings. The molecule has 1 aromatic carbocycles. The van der Waals surface area contributed by atoms with Crippen LogP contribution >= 0.6 is 0 Å². The van der Waals surface area contributed by atoms with E-state index in [2.05, 4.69) is 54.4 Å². The van der Waals surface area contributed by atoms with E-state index in [4.69, 9.17) is 0 Å². The predicted octanol–water partition coefficient (Wildman–Crippen LogP) is 4.01. The Hall–Kier alpha value is -1.63. The van der Waals surface area contributed by atoms with Gasteiger partial charge in [-0.25, -0.2) is 0 Å². The van der Waals surface area contributed by atoms with Gasteiger partial charge in [0.1, 0.15) is 0 Å². The normalized spacial score (nSPS) is 12.3. The lowest BCUT2D eigenvalue weighted by atomic mass is 9.88. The van der Waals surface area contributed by atoms with E-state index in [1.54, 1.807) is 0 Å². The second-order valence-corrected chi connectivity index (χ2v) is 4.03. The van der Waals surface area contributed by atoms with Crippen LogP contribution in [0.2, 0.25) is 0 Å². The Labute approximate surface area is 97.2 Å². The molecule has 0 aliphatic heterocycles. The fourth-order valence-electron chi connectivity index (χ4n) is 2.10. The molecular formula is C15H17N. The molecule has 2 aromatic rings. The monoisotopic (exact) mass is 211 g/mol. The summed E-state index contributed by atoms with van der Waals surface area (Å²) in [5.74, 6) is 0.509. The summed E-state index contributed by atoms with van der Waals surface area (Å²) in [7, 11) is 0. The molecule has 0 saturated heterocycles.